The molecule has 0 spiro atoms. The van der Waals surface area contributed by atoms with Gasteiger partial charge in [-0.1, -0.05) is 11.6 Å². The molecule has 0 radical (unpaired) electrons. The van der Waals surface area contributed by atoms with Gasteiger partial charge in [-0.25, -0.2) is 0 Å². The van der Waals surface area contributed by atoms with Crippen LogP contribution in [0.1, 0.15) is 11.1 Å². The second-order valence-corrected chi connectivity index (χ2v) is 3.66. The first kappa shape index (κ1) is 9.00. The van der Waals surface area contributed by atoms with Crippen molar-refractivity contribution in [2.75, 3.05) is 0 Å². The van der Waals surface area contributed by atoms with E-state index in [0.717, 1.165) is 11.8 Å². The van der Waals surface area contributed by atoms with Crippen molar-refractivity contribution < 1.29 is 4.79 Å². The molecular weight excluding hydrogens is 174 g/mol. The highest BCUT2D eigenvalue weighted by atomic mass is 16.1. The Hall–Kier alpha value is -1.57. The summed E-state index contributed by atoms with van der Waals surface area (Å²) in [6.07, 6.45) is 3.48. The third-order valence-corrected chi connectivity index (χ3v) is 2.50. The molecule has 1 heterocycles. The third kappa shape index (κ3) is 1.33. The second-order valence-electron chi connectivity index (χ2n) is 3.66. The maximum atomic E-state index is 10.6. The number of carbonyl (C=O) groups is 1. The van der Waals surface area contributed by atoms with Crippen molar-refractivity contribution >= 4 is 17.2 Å². The Bertz CT molecular complexity index is 482. The Balaban J connectivity index is 2.76. The van der Waals surface area contributed by atoms with Crippen LogP contribution in [0.25, 0.3) is 10.9 Å². The highest BCUT2D eigenvalue weighted by Crippen LogP contribution is 2.21. The molecular formula is C12H13NO. The Labute approximate surface area is 83.2 Å². The number of hydrogen-bond acceptors (Lipinski definition) is 1. The Morgan fingerprint density at radius 3 is 2.93 bits per heavy atom. The third-order valence-electron chi connectivity index (χ3n) is 2.50. The van der Waals surface area contributed by atoms with Crippen LogP contribution < -0.4 is 0 Å². The summed E-state index contributed by atoms with van der Waals surface area (Å²) in [7, 11) is 2.01. The summed E-state index contributed by atoms with van der Waals surface area (Å²) in [5, 5.41) is 1.21. The Morgan fingerprint density at radius 1 is 1.43 bits per heavy atom. The van der Waals surface area contributed by atoms with Crippen molar-refractivity contribution in [2.45, 2.75) is 13.3 Å². The van der Waals surface area contributed by atoms with E-state index in [4.69, 9.17) is 0 Å². The molecule has 72 valence electrons. The molecule has 0 amide bonds. The maximum Gasteiger partial charge on any atom is 0.124 e. The fraction of sp³-hybridized carbons (Fsp3) is 0.250. The van der Waals surface area contributed by atoms with E-state index >= 15 is 0 Å². The number of carbonyl (C=O) groups excluding carboxylic acids is 1. The number of aromatic nitrogens is 1. The Morgan fingerprint density at radius 2 is 2.21 bits per heavy atom. The van der Waals surface area contributed by atoms with Gasteiger partial charge in [0.05, 0.1) is 5.52 Å². The van der Waals surface area contributed by atoms with Crippen LogP contribution in [-0.2, 0) is 18.3 Å². The molecule has 1 aromatic heterocycles. The van der Waals surface area contributed by atoms with Crippen molar-refractivity contribution in [1.82, 2.24) is 4.57 Å². The summed E-state index contributed by atoms with van der Waals surface area (Å²) < 4.78 is 2.06. The normalized spacial score (nSPS) is 10.7. The van der Waals surface area contributed by atoms with Crippen LogP contribution in [0.4, 0.5) is 0 Å². The van der Waals surface area contributed by atoms with Gasteiger partial charge in [0.1, 0.15) is 6.29 Å². The highest BCUT2D eigenvalue weighted by molar-refractivity contribution is 5.85. The second kappa shape index (κ2) is 3.29. The van der Waals surface area contributed by atoms with Gasteiger partial charge in [0.15, 0.2) is 0 Å². The van der Waals surface area contributed by atoms with Crippen molar-refractivity contribution in [3.63, 3.8) is 0 Å². The summed E-state index contributed by atoms with van der Waals surface area (Å²) in [6, 6.07) is 6.30. The van der Waals surface area contributed by atoms with E-state index < -0.39 is 0 Å². The van der Waals surface area contributed by atoms with Gasteiger partial charge in [0.2, 0.25) is 0 Å². The first-order chi connectivity index (χ1) is 6.72. The molecule has 2 heteroatoms. The van der Waals surface area contributed by atoms with Crippen LogP contribution in [0.5, 0.6) is 0 Å². The standard InChI is InChI=1S/C12H13NO/c1-9-7-10-3-5-13(2)12(10)11(8-9)4-6-14/h3,5-8H,4H2,1-2H3. The molecule has 0 aliphatic rings. The number of nitrogens with zero attached hydrogens (tertiary/aromatic N) is 1. The number of fused-ring (bicyclic) bond motifs is 1. The summed E-state index contributed by atoms with van der Waals surface area (Å²) in [4.78, 5) is 10.6. The van der Waals surface area contributed by atoms with Crippen molar-refractivity contribution in [2.24, 2.45) is 7.05 Å². The number of benzene rings is 1. The lowest BCUT2D eigenvalue weighted by Crippen LogP contribution is -1.94. The average Bonchev–Trinajstić information content (AvgIpc) is 2.48. The summed E-state index contributed by atoms with van der Waals surface area (Å²) >= 11 is 0. The highest BCUT2D eigenvalue weighted by Gasteiger charge is 2.05. The molecule has 0 unspecified atom stereocenters. The number of aryl methyl sites for hydroxylation is 2. The smallest absolute Gasteiger partial charge is 0.124 e. The largest absolute Gasteiger partial charge is 0.350 e. The predicted octanol–water partition coefficient (Wildman–Crippen LogP) is 2.23. The summed E-state index contributed by atoms with van der Waals surface area (Å²) in [6.45, 7) is 2.06. The quantitative estimate of drug-likeness (QED) is 0.661. The van der Waals surface area contributed by atoms with E-state index in [9.17, 15) is 4.79 Å². The van der Waals surface area contributed by atoms with Crippen molar-refractivity contribution in [3.8, 4) is 0 Å². The fourth-order valence-corrected chi connectivity index (χ4v) is 1.95. The topological polar surface area (TPSA) is 22.0 Å². The van der Waals surface area contributed by atoms with E-state index in [0.29, 0.717) is 6.42 Å². The van der Waals surface area contributed by atoms with Crippen LogP contribution in [-0.4, -0.2) is 10.9 Å². The van der Waals surface area contributed by atoms with Crippen LogP contribution in [0.2, 0.25) is 0 Å². The zero-order valence-corrected chi connectivity index (χ0v) is 8.45. The van der Waals surface area contributed by atoms with Gasteiger partial charge < -0.3 is 9.36 Å². The maximum absolute atomic E-state index is 10.6. The molecule has 1 aromatic carbocycles. The van der Waals surface area contributed by atoms with Gasteiger partial charge in [0.25, 0.3) is 0 Å². The molecule has 2 nitrogen and oxygen atoms in total. The molecule has 2 aromatic rings. The van der Waals surface area contributed by atoms with E-state index in [-0.39, 0.29) is 0 Å². The van der Waals surface area contributed by atoms with Crippen molar-refractivity contribution in [3.05, 3.63) is 35.5 Å². The first-order valence-electron chi connectivity index (χ1n) is 4.70. The minimum absolute atomic E-state index is 0.496. The number of aldehydes is 1. The van der Waals surface area contributed by atoms with Gasteiger partial charge in [-0.05, 0) is 24.6 Å². The molecule has 0 fully saturated rings. The number of hydrogen-bond donors (Lipinski definition) is 0. The van der Waals surface area contributed by atoms with Crippen LogP contribution in [0, 0.1) is 6.92 Å². The number of rotatable bonds is 2. The van der Waals surface area contributed by atoms with Crippen LogP contribution >= 0.6 is 0 Å². The summed E-state index contributed by atoms with van der Waals surface area (Å²) in [5.74, 6) is 0. The molecule has 0 N–H and O–H groups in total. The van der Waals surface area contributed by atoms with Crippen molar-refractivity contribution in [1.29, 1.82) is 0 Å². The zero-order valence-electron chi connectivity index (χ0n) is 8.45. The van der Waals surface area contributed by atoms with Gasteiger partial charge >= 0.3 is 0 Å². The average molecular weight is 187 g/mol. The molecule has 0 aliphatic carbocycles. The van der Waals surface area contributed by atoms with E-state index in [1.807, 2.05) is 13.2 Å². The van der Waals surface area contributed by atoms with E-state index in [1.165, 1.54) is 16.5 Å². The Kier molecular flexibility index (Phi) is 2.12. The minimum Gasteiger partial charge on any atom is -0.350 e. The molecule has 0 saturated carbocycles. The first-order valence-corrected chi connectivity index (χ1v) is 4.70. The lowest BCUT2D eigenvalue weighted by molar-refractivity contribution is -0.107. The molecule has 0 saturated heterocycles. The van der Waals surface area contributed by atoms with Gasteiger partial charge in [-0.3, -0.25) is 0 Å². The monoisotopic (exact) mass is 187 g/mol. The van der Waals surface area contributed by atoms with Gasteiger partial charge in [-0.15, -0.1) is 0 Å². The van der Waals surface area contributed by atoms with E-state index in [2.05, 4.69) is 29.7 Å². The summed E-state index contributed by atoms with van der Waals surface area (Å²) in [5.41, 5.74) is 3.49. The molecule has 2 rings (SSSR count). The fourth-order valence-electron chi connectivity index (χ4n) is 1.95. The minimum atomic E-state index is 0.496. The van der Waals surface area contributed by atoms with Gasteiger partial charge in [-0.2, -0.15) is 0 Å². The molecule has 0 bridgehead atoms. The predicted molar refractivity (Wildman–Crippen MR) is 57.4 cm³/mol. The lowest BCUT2D eigenvalue weighted by Gasteiger charge is -2.04. The zero-order chi connectivity index (χ0) is 10.1. The van der Waals surface area contributed by atoms with Gasteiger partial charge in [0, 0.05) is 25.1 Å². The van der Waals surface area contributed by atoms with Crippen LogP contribution in [0.15, 0.2) is 24.4 Å². The molecule has 0 aliphatic heterocycles. The van der Waals surface area contributed by atoms with Crippen LogP contribution in [0.3, 0.4) is 0 Å². The molecule has 14 heavy (non-hydrogen) atoms. The lowest BCUT2D eigenvalue weighted by atomic mass is 10.1. The molecule has 0 atom stereocenters. The van der Waals surface area contributed by atoms with E-state index in [1.54, 1.807) is 0 Å². The SMILES string of the molecule is Cc1cc(CC=O)c2c(ccn2C)c1.